The summed E-state index contributed by atoms with van der Waals surface area (Å²) < 4.78 is 4.94. The number of ether oxygens (including phenoxy) is 1. The van der Waals surface area contributed by atoms with Gasteiger partial charge < -0.3 is 4.74 Å². The minimum Gasteiger partial charge on any atom is -0.425 e. The van der Waals surface area contributed by atoms with Crippen molar-refractivity contribution in [3.8, 4) is 11.8 Å². The van der Waals surface area contributed by atoms with Gasteiger partial charge in [0.1, 0.15) is 0 Å². The molecular weight excluding hydrogens is 222 g/mol. The first kappa shape index (κ1) is 10.4. The van der Waals surface area contributed by atoms with E-state index in [0.29, 0.717) is 0 Å². The minimum atomic E-state index is -0.354. The van der Waals surface area contributed by atoms with E-state index < -0.39 is 0 Å². The first-order valence-electron chi connectivity index (χ1n) is 4.55. The van der Waals surface area contributed by atoms with Crippen LogP contribution in [0, 0.1) is 11.8 Å². The highest BCUT2D eigenvalue weighted by Crippen LogP contribution is 2.05. The molecule has 4 heteroatoms. The number of allylic oxidation sites excluding steroid dienone is 1. The summed E-state index contributed by atoms with van der Waals surface area (Å²) in [7, 11) is 0. The highest BCUT2D eigenvalue weighted by atomic mass is 32.1. The van der Waals surface area contributed by atoms with Gasteiger partial charge in [0.2, 0.25) is 5.76 Å². The molecule has 1 N–H and O–H groups in total. The maximum atomic E-state index is 11.2. The summed E-state index contributed by atoms with van der Waals surface area (Å²) in [6.45, 7) is 0. The fourth-order valence-electron chi connectivity index (χ4n) is 1.13. The number of thiocarbonyl (C=S) groups is 1. The Kier molecular flexibility index (Phi) is 2.99. The van der Waals surface area contributed by atoms with E-state index in [-0.39, 0.29) is 16.8 Å². The summed E-state index contributed by atoms with van der Waals surface area (Å²) >= 11 is 4.67. The molecule has 1 aliphatic heterocycles. The molecule has 1 amide bonds. The number of benzene rings is 1. The van der Waals surface area contributed by atoms with Gasteiger partial charge in [0.15, 0.2) is 0 Å². The molecule has 1 aliphatic rings. The van der Waals surface area contributed by atoms with Crippen LogP contribution in [0.25, 0.3) is 0 Å². The lowest BCUT2D eigenvalue weighted by Gasteiger charge is -1.88. The lowest BCUT2D eigenvalue weighted by atomic mass is 10.2. The van der Waals surface area contributed by atoms with E-state index in [2.05, 4.69) is 29.4 Å². The van der Waals surface area contributed by atoms with Gasteiger partial charge >= 0.3 is 0 Å². The second kappa shape index (κ2) is 4.60. The summed E-state index contributed by atoms with van der Waals surface area (Å²) in [5.74, 6) is 5.39. The lowest BCUT2D eigenvalue weighted by molar-refractivity contribution is -0.116. The van der Waals surface area contributed by atoms with Gasteiger partial charge in [-0.1, -0.05) is 30.0 Å². The lowest BCUT2D eigenvalue weighted by Crippen LogP contribution is -2.18. The molecule has 1 aromatic carbocycles. The molecule has 78 valence electrons. The Labute approximate surface area is 98.1 Å². The molecular formula is C12H7NO2S. The van der Waals surface area contributed by atoms with Gasteiger partial charge in [-0.2, -0.15) is 0 Å². The average Bonchev–Trinajstić information content (AvgIpc) is 2.59. The minimum absolute atomic E-state index is 0.0674. The van der Waals surface area contributed by atoms with Gasteiger partial charge in [-0.15, -0.1) is 0 Å². The summed E-state index contributed by atoms with van der Waals surface area (Å²) in [5, 5.41) is 2.42. The molecule has 0 unspecified atom stereocenters. The van der Waals surface area contributed by atoms with Crippen LogP contribution in [0.2, 0.25) is 0 Å². The molecule has 16 heavy (non-hydrogen) atoms. The topological polar surface area (TPSA) is 38.3 Å². The van der Waals surface area contributed by atoms with E-state index in [1.807, 2.05) is 30.3 Å². The van der Waals surface area contributed by atoms with Crippen molar-refractivity contribution in [2.24, 2.45) is 0 Å². The zero-order valence-corrected chi connectivity index (χ0v) is 9.01. The Bertz CT molecular complexity index is 523. The van der Waals surface area contributed by atoms with Gasteiger partial charge in [0.25, 0.3) is 11.1 Å². The van der Waals surface area contributed by atoms with Crippen LogP contribution in [0.15, 0.2) is 42.2 Å². The van der Waals surface area contributed by atoms with Crippen LogP contribution in [0.3, 0.4) is 0 Å². The van der Waals surface area contributed by atoms with Gasteiger partial charge in [0.05, 0.1) is 0 Å². The maximum absolute atomic E-state index is 11.2. The molecule has 0 saturated carbocycles. The predicted molar refractivity (Wildman–Crippen MR) is 63.2 cm³/mol. The molecule has 1 fully saturated rings. The average molecular weight is 229 g/mol. The van der Waals surface area contributed by atoms with Gasteiger partial charge in [-0.3, -0.25) is 10.1 Å². The molecule has 0 aliphatic carbocycles. The fourth-order valence-corrected chi connectivity index (χ4v) is 1.31. The number of hydrogen-bond acceptors (Lipinski definition) is 3. The van der Waals surface area contributed by atoms with Crippen LogP contribution in [0.5, 0.6) is 0 Å². The zero-order valence-electron chi connectivity index (χ0n) is 8.19. The third-order valence-corrected chi connectivity index (χ3v) is 2.02. The summed E-state index contributed by atoms with van der Waals surface area (Å²) in [6.07, 6.45) is 1.40. The number of amides is 1. The van der Waals surface area contributed by atoms with Gasteiger partial charge in [-0.05, 0) is 24.4 Å². The molecule has 1 heterocycles. The van der Waals surface area contributed by atoms with E-state index in [4.69, 9.17) is 4.74 Å². The van der Waals surface area contributed by atoms with Crippen LogP contribution in [-0.4, -0.2) is 11.1 Å². The van der Waals surface area contributed by atoms with Crippen LogP contribution >= 0.6 is 12.2 Å². The Morgan fingerprint density at radius 2 is 2.06 bits per heavy atom. The zero-order chi connectivity index (χ0) is 11.4. The van der Waals surface area contributed by atoms with Crippen LogP contribution in [-0.2, 0) is 9.53 Å². The molecule has 0 radical (unpaired) electrons. The Hall–Kier alpha value is -2.12. The molecule has 2 rings (SSSR count). The summed E-state index contributed by atoms with van der Waals surface area (Å²) in [6, 6.07) is 9.46. The second-order valence-electron chi connectivity index (χ2n) is 2.99. The molecule has 0 bridgehead atoms. The molecule has 0 aromatic heterocycles. The molecule has 3 nitrogen and oxygen atoms in total. The van der Waals surface area contributed by atoms with Crippen molar-refractivity contribution >= 4 is 23.3 Å². The second-order valence-corrected chi connectivity index (χ2v) is 3.36. The van der Waals surface area contributed by atoms with Crippen molar-refractivity contribution in [3.63, 3.8) is 0 Å². The summed E-state index contributed by atoms with van der Waals surface area (Å²) in [4.78, 5) is 11.2. The van der Waals surface area contributed by atoms with Crippen molar-refractivity contribution in [3.05, 3.63) is 47.7 Å². The largest absolute Gasteiger partial charge is 0.425 e. The molecule has 1 saturated heterocycles. The maximum Gasteiger partial charge on any atom is 0.295 e. The first-order chi connectivity index (χ1) is 7.75. The predicted octanol–water partition coefficient (Wildman–Crippen LogP) is 1.35. The molecule has 0 atom stereocenters. The van der Waals surface area contributed by atoms with Crippen LogP contribution in [0.1, 0.15) is 5.56 Å². The number of rotatable bonds is 0. The smallest absolute Gasteiger partial charge is 0.295 e. The van der Waals surface area contributed by atoms with E-state index >= 15 is 0 Å². The van der Waals surface area contributed by atoms with Crippen molar-refractivity contribution in [2.75, 3.05) is 0 Å². The third-order valence-electron chi connectivity index (χ3n) is 1.84. The standard InChI is InChI=1S/C12H7NO2S/c14-11-10(15-12(16)13-11)8-4-7-9-5-2-1-3-6-9/h1-3,5-6,8H,(H,13,14,16)/b10-8+. The van der Waals surface area contributed by atoms with E-state index in [1.54, 1.807) is 0 Å². The Balaban J connectivity index is 2.13. The van der Waals surface area contributed by atoms with Gasteiger partial charge in [-0.25, -0.2) is 0 Å². The third kappa shape index (κ3) is 2.47. The normalized spacial score (nSPS) is 16.4. The van der Waals surface area contributed by atoms with Gasteiger partial charge in [0, 0.05) is 11.6 Å². The van der Waals surface area contributed by atoms with E-state index in [1.165, 1.54) is 6.08 Å². The number of carbonyl (C=O) groups excluding carboxylic acids is 1. The molecule has 1 aromatic rings. The first-order valence-corrected chi connectivity index (χ1v) is 4.96. The monoisotopic (exact) mass is 229 g/mol. The van der Waals surface area contributed by atoms with Crippen LogP contribution in [0.4, 0.5) is 0 Å². The van der Waals surface area contributed by atoms with E-state index in [9.17, 15) is 4.79 Å². The van der Waals surface area contributed by atoms with Crippen LogP contribution < -0.4 is 5.32 Å². The highest BCUT2D eigenvalue weighted by Gasteiger charge is 2.22. The highest BCUT2D eigenvalue weighted by molar-refractivity contribution is 7.80. The Morgan fingerprint density at radius 3 is 2.69 bits per heavy atom. The Morgan fingerprint density at radius 1 is 1.31 bits per heavy atom. The summed E-state index contributed by atoms with van der Waals surface area (Å²) in [5.41, 5.74) is 0.875. The molecule has 0 spiro atoms. The SMILES string of the molecule is O=C1NC(=S)O/C1=C/C#Cc1ccccc1. The number of nitrogens with one attached hydrogen (secondary N) is 1. The van der Waals surface area contributed by atoms with Crippen molar-refractivity contribution in [2.45, 2.75) is 0 Å². The number of hydrogen-bond donors (Lipinski definition) is 1. The number of carbonyl (C=O) groups is 1. The van der Waals surface area contributed by atoms with Crippen molar-refractivity contribution in [1.29, 1.82) is 0 Å². The fraction of sp³-hybridized carbons (Fsp3) is 0. The quantitative estimate of drug-likeness (QED) is 0.414. The van der Waals surface area contributed by atoms with E-state index in [0.717, 1.165) is 5.56 Å². The van der Waals surface area contributed by atoms with Crippen molar-refractivity contribution < 1.29 is 9.53 Å². The van der Waals surface area contributed by atoms with Crippen molar-refractivity contribution in [1.82, 2.24) is 5.32 Å².